The highest BCUT2D eigenvalue weighted by Gasteiger charge is 2.46. The monoisotopic (exact) mass is 663 g/mol. The first kappa shape index (κ1) is 35.4. The first-order chi connectivity index (χ1) is 22.1. The Morgan fingerprint density at radius 1 is 0.979 bits per heavy atom. The van der Waals surface area contributed by atoms with Gasteiger partial charge in [-0.05, 0) is 42.2 Å². The summed E-state index contributed by atoms with van der Waals surface area (Å²) in [5, 5.41) is 14.5. The topological polar surface area (TPSA) is 142 Å². The third-order valence-corrected chi connectivity index (χ3v) is 8.67. The second-order valence-electron chi connectivity index (χ2n) is 12.9. The molecule has 4 rings (SSSR count). The van der Waals surface area contributed by atoms with E-state index in [1.807, 2.05) is 32.9 Å². The highest BCUT2D eigenvalue weighted by atomic mass is 19.2. The number of amides is 3. The zero-order valence-electron chi connectivity index (χ0n) is 26.2. The van der Waals surface area contributed by atoms with Gasteiger partial charge in [0.25, 0.3) is 0 Å². The van der Waals surface area contributed by atoms with E-state index in [-0.39, 0.29) is 24.4 Å². The minimum atomic E-state index is -1.88. The van der Waals surface area contributed by atoms with E-state index in [2.05, 4.69) is 10.6 Å². The van der Waals surface area contributed by atoms with Crippen LogP contribution in [0.5, 0.6) is 5.75 Å². The van der Waals surface area contributed by atoms with Gasteiger partial charge in [-0.25, -0.2) is 8.78 Å². The number of para-hydroxylation sites is 1. The second kappa shape index (κ2) is 14.5. The number of fused-ring (bicyclic) bond motifs is 1. The summed E-state index contributed by atoms with van der Waals surface area (Å²) in [6.45, 7) is 4.80. The fourth-order valence-electron chi connectivity index (χ4n) is 6.40. The molecule has 1 aliphatic carbocycles. The molecular formula is C33H37F4N3O7. The molecule has 2 aromatic rings. The van der Waals surface area contributed by atoms with E-state index in [1.54, 1.807) is 12.1 Å². The van der Waals surface area contributed by atoms with Crippen LogP contribution < -0.4 is 15.4 Å². The number of Topliss-reactive ketones (excluding diaryl/α,β-unsaturated/α-hetero) is 1. The van der Waals surface area contributed by atoms with Crippen LogP contribution in [0.4, 0.5) is 23.2 Å². The van der Waals surface area contributed by atoms with Crippen LogP contribution in [0.15, 0.2) is 30.3 Å². The molecular weight excluding hydrogens is 626 g/mol. The molecule has 3 N–H and O–H groups in total. The highest BCUT2D eigenvalue weighted by Crippen LogP contribution is 2.40. The number of aliphatic carboxylic acids is 1. The summed E-state index contributed by atoms with van der Waals surface area (Å²) in [6, 6.07) is 4.98. The molecule has 4 atom stereocenters. The Morgan fingerprint density at radius 3 is 2.26 bits per heavy atom. The van der Waals surface area contributed by atoms with Crippen LogP contribution in [-0.2, 0) is 29.4 Å². The lowest BCUT2D eigenvalue weighted by Crippen LogP contribution is -2.58. The van der Waals surface area contributed by atoms with Crippen molar-refractivity contribution in [1.82, 2.24) is 10.2 Å². The van der Waals surface area contributed by atoms with Gasteiger partial charge in [0.05, 0.1) is 6.42 Å². The van der Waals surface area contributed by atoms with Gasteiger partial charge in [0.1, 0.15) is 12.6 Å². The van der Waals surface area contributed by atoms with Gasteiger partial charge in [-0.3, -0.25) is 24.0 Å². The van der Waals surface area contributed by atoms with Crippen molar-refractivity contribution in [2.75, 3.05) is 18.5 Å². The number of carboxylic acid groups (broad SMARTS) is 1. The van der Waals surface area contributed by atoms with Crippen molar-refractivity contribution in [2.45, 2.75) is 76.8 Å². The number of nitrogens with zero attached hydrogens (tertiary/aromatic N) is 1. The van der Waals surface area contributed by atoms with Gasteiger partial charge in [0.2, 0.25) is 17.5 Å². The highest BCUT2D eigenvalue weighted by molar-refractivity contribution is 6.39. The molecule has 1 aliphatic heterocycles. The normalized spacial score (nSPS) is 20.1. The number of hydrogen-bond donors (Lipinski definition) is 3. The van der Waals surface area contributed by atoms with Crippen LogP contribution in [0, 0.1) is 35.1 Å². The number of benzene rings is 2. The molecule has 0 spiro atoms. The lowest BCUT2D eigenvalue weighted by Gasteiger charge is -2.47. The summed E-state index contributed by atoms with van der Waals surface area (Å²) in [5.41, 5.74) is 1.06. The SMILES string of the molecule is CC(C)(C)c1ccccc1NC(=O)C(=O)N1CCC(C(=O)NC(CC(=O)O)C(=O)COc2c(F)c(F)cc(F)c2F)C2CCCCC21. The van der Waals surface area contributed by atoms with Crippen LogP contribution in [0.1, 0.15) is 64.9 Å². The van der Waals surface area contributed by atoms with Crippen molar-refractivity contribution in [2.24, 2.45) is 11.8 Å². The first-order valence-corrected chi connectivity index (χ1v) is 15.3. The lowest BCUT2D eigenvalue weighted by atomic mass is 9.71. The zero-order valence-corrected chi connectivity index (χ0v) is 26.2. The first-order valence-electron chi connectivity index (χ1n) is 15.3. The number of likely N-dealkylation sites (tertiary alicyclic amines) is 1. The summed E-state index contributed by atoms with van der Waals surface area (Å²) in [6.07, 6.45) is 1.76. The maximum atomic E-state index is 14.0. The van der Waals surface area contributed by atoms with Crippen LogP contribution in [0.2, 0.25) is 0 Å². The quantitative estimate of drug-likeness (QED) is 0.204. The molecule has 254 valence electrons. The molecule has 1 saturated carbocycles. The van der Waals surface area contributed by atoms with E-state index in [4.69, 9.17) is 4.74 Å². The minimum absolute atomic E-state index is 0.0390. The van der Waals surface area contributed by atoms with Crippen molar-refractivity contribution in [3.8, 4) is 5.75 Å². The molecule has 4 unspecified atom stereocenters. The number of halogens is 4. The Labute approximate surface area is 268 Å². The fourth-order valence-corrected chi connectivity index (χ4v) is 6.40. The van der Waals surface area contributed by atoms with E-state index >= 15 is 0 Å². The molecule has 0 radical (unpaired) electrons. The Bertz CT molecular complexity index is 1540. The number of carboxylic acids is 1. The molecule has 47 heavy (non-hydrogen) atoms. The third-order valence-electron chi connectivity index (χ3n) is 8.67. The van der Waals surface area contributed by atoms with Crippen LogP contribution in [0.25, 0.3) is 0 Å². The molecule has 2 aromatic carbocycles. The molecule has 2 aliphatic rings. The summed E-state index contributed by atoms with van der Waals surface area (Å²) < 4.78 is 59.8. The second-order valence-corrected chi connectivity index (χ2v) is 12.9. The van der Waals surface area contributed by atoms with Crippen molar-refractivity contribution >= 4 is 35.2 Å². The Balaban J connectivity index is 1.45. The predicted molar refractivity (Wildman–Crippen MR) is 160 cm³/mol. The number of nitrogens with one attached hydrogen (secondary N) is 2. The molecule has 2 fully saturated rings. The number of ether oxygens (including phenoxy) is 1. The van der Waals surface area contributed by atoms with Gasteiger partial charge in [0, 0.05) is 30.3 Å². The van der Waals surface area contributed by atoms with Crippen molar-refractivity contribution in [3.63, 3.8) is 0 Å². The van der Waals surface area contributed by atoms with Crippen LogP contribution >= 0.6 is 0 Å². The van der Waals surface area contributed by atoms with Crippen molar-refractivity contribution in [3.05, 3.63) is 59.2 Å². The Morgan fingerprint density at radius 2 is 1.62 bits per heavy atom. The maximum absolute atomic E-state index is 14.0. The number of ketones is 1. The summed E-state index contributed by atoms with van der Waals surface area (Å²) in [4.78, 5) is 66.0. The summed E-state index contributed by atoms with van der Waals surface area (Å²) >= 11 is 0. The standard InChI is InChI=1S/C33H37F4N3O7/c1-33(2,3)19-9-5-6-10-22(19)38-31(45)32(46)40-13-12-18(17-8-4-7-11-24(17)40)30(44)39-23(15-26(42)43)25(41)16-47-29-27(36)20(34)14-21(35)28(29)37/h5-6,9-10,14,17-18,23-24H,4,7-8,11-13,15-16H2,1-3H3,(H,38,45)(H,39,44)(H,42,43). The molecule has 10 nitrogen and oxygen atoms in total. The van der Waals surface area contributed by atoms with Crippen LogP contribution in [-0.4, -0.2) is 64.7 Å². The van der Waals surface area contributed by atoms with E-state index in [9.17, 15) is 46.6 Å². The van der Waals surface area contributed by atoms with E-state index in [0.717, 1.165) is 18.4 Å². The van der Waals surface area contributed by atoms with E-state index < -0.39 is 95.4 Å². The summed E-state index contributed by atoms with van der Waals surface area (Å²) in [7, 11) is 0. The molecule has 3 amide bonds. The average Bonchev–Trinajstić information content (AvgIpc) is 3.02. The van der Waals surface area contributed by atoms with Gasteiger partial charge in [0.15, 0.2) is 23.2 Å². The number of hydrogen-bond acceptors (Lipinski definition) is 6. The van der Waals surface area contributed by atoms with Gasteiger partial charge < -0.3 is 25.4 Å². The van der Waals surface area contributed by atoms with E-state index in [1.165, 1.54) is 4.90 Å². The smallest absolute Gasteiger partial charge is 0.313 e. The predicted octanol–water partition coefficient (Wildman–Crippen LogP) is 4.49. The number of carbonyl (C=O) groups excluding carboxylic acids is 4. The summed E-state index contributed by atoms with van der Waals surface area (Å²) in [5.74, 6) is -14.7. The number of rotatable bonds is 9. The number of carbonyl (C=O) groups is 5. The molecule has 1 heterocycles. The Kier molecular flexibility index (Phi) is 10.9. The lowest BCUT2D eigenvalue weighted by molar-refractivity contribution is -0.151. The molecule has 14 heteroatoms. The zero-order chi connectivity index (χ0) is 34.6. The van der Waals surface area contributed by atoms with Crippen molar-refractivity contribution in [1.29, 1.82) is 0 Å². The van der Waals surface area contributed by atoms with E-state index in [0.29, 0.717) is 18.5 Å². The third kappa shape index (κ3) is 8.09. The van der Waals surface area contributed by atoms with Crippen molar-refractivity contribution < 1.29 is 51.4 Å². The molecule has 0 bridgehead atoms. The van der Waals surface area contributed by atoms with Gasteiger partial charge >= 0.3 is 17.8 Å². The largest absolute Gasteiger partial charge is 0.481 e. The van der Waals surface area contributed by atoms with Gasteiger partial charge in [-0.2, -0.15) is 8.78 Å². The minimum Gasteiger partial charge on any atom is -0.481 e. The fraction of sp³-hybridized carbons (Fsp3) is 0.485. The Hall–Kier alpha value is -4.49. The number of piperidine rings is 1. The number of anilines is 1. The van der Waals surface area contributed by atoms with Gasteiger partial charge in [-0.1, -0.05) is 51.8 Å². The molecule has 0 aromatic heterocycles. The average molecular weight is 664 g/mol. The van der Waals surface area contributed by atoms with Crippen LogP contribution in [0.3, 0.4) is 0 Å². The van der Waals surface area contributed by atoms with Gasteiger partial charge in [-0.15, -0.1) is 0 Å². The maximum Gasteiger partial charge on any atom is 0.313 e. The molecule has 1 saturated heterocycles.